The van der Waals surface area contributed by atoms with Crippen LogP contribution in [0.2, 0.25) is 0 Å². The molecule has 1 atom stereocenters. The number of aryl methyl sites for hydroxylation is 1. The van der Waals surface area contributed by atoms with Crippen LogP contribution >= 0.6 is 35.7 Å². The zero-order chi connectivity index (χ0) is 16.7. The van der Waals surface area contributed by atoms with E-state index in [0.717, 1.165) is 50.9 Å². The molecule has 0 saturated carbocycles. The molecule has 24 heavy (non-hydrogen) atoms. The van der Waals surface area contributed by atoms with Crippen LogP contribution in [0.3, 0.4) is 0 Å². The molecule has 2 rings (SSSR count). The standard InChI is InChI=1S/C16H30N6S.HI/c1-5-15-20-19-12-22(15)8-7-18-16(17-6-2)21-9-10-23-14(11-21)13(3)4;/h12-14H,5-11H2,1-4H3,(H,17,18);1H. The van der Waals surface area contributed by atoms with E-state index in [-0.39, 0.29) is 24.0 Å². The van der Waals surface area contributed by atoms with Crippen LogP contribution in [0.5, 0.6) is 0 Å². The SMILES string of the molecule is CCNC(=NCCn1cnnc1CC)N1CCSC(C(C)C)C1.I. The molecule has 1 N–H and O–H groups in total. The summed E-state index contributed by atoms with van der Waals surface area (Å²) in [6.07, 6.45) is 2.71. The summed E-state index contributed by atoms with van der Waals surface area (Å²) >= 11 is 2.09. The smallest absolute Gasteiger partial charge is 0.194 e. The Labute approximate surface area is 167 Å². The third kappa shape index (κ3) is 6.09. The highest BCUT2D eigenvalue weighted by molar-refractivity contribution is 14.0. The molecule has 0 bridgehead atoms. The number of hydrogen-bond donors (Lipinski definition) is 1. The van der Waals surface area contributed by atoms with Crippen LogP contribution in [-0.2, 0) is 13.0 Å². The molecule has 1 aromatic heterocycles. The Bertz CT molecular complexity index is 505. The number of aromatic nitrogens is 3. The number of aliphatic imine (C=N–C) groups is 1. The number of nitrogens with zero attached hydrogens (tertiary/aromatic N) is 5. The van der Waals surface area contributed by atoms with Crippen LogP contribution in [0.4, 0.5) is 0 Å². The average molecular weight is 466 g/mol. The molecule has 1 fully saturated rings. The fraction of sp³-hybridized carbons (Fsp3) is 0.812. The van der Waals surface area contributed by atoms with Gasteiger partial charge in [0.1, 0.15) is 12.2 Å². The van der Waals surface area contributed by atoms with Crippen molar-refractivity contribution in [3.05, 3.63) is 12.2 Å². The maximum Gasteiger partial charge on any atom is 0.194 e. The van der Waals surface area contributed by atoms with E-state index in [2.05, 4.69) is 64.4 Å². The first-order valence-corrected chi connectivity index (χ1v) is 9.72. The summed E-state index contributed by atoms with van der Waals surface area (Å²) in [6, 6.07) is 0. The van der Waals surface area contributed by atoms with Gasteiger partial charge >= 0.3 is 0 Å². The number of halogens is 1. The van der Waals surface area contributed by atoms with Crippen LogP contribution in [-0.4, -0.2) is 62.8 Å². The maximum absolute atomic E-state index is 4.83. The van der Waals surface area contributed by atoms with Gasteiger partial charge in [-0.2, -0.15) is 11.8 Å². The number of guanidine groups is 1. The number of hydrogen-bond acceptors (Lipinski definition) is 4. The number of rotatable bonds is 6. The summed E-state index contributed by atoms with van der Waals surface area (Å²) < 4.78 is 2.09. The van der Waals surface area contributed by atoms with Gasteiger partial charge in [0, 0.05) is 43.6 Å². The van der Waals surface area contributed by atoms with Crippen molar-refractivity contribution >= 4 is 41.7 Å². The van der Waals surface area contributed by atoms with Crippen LogP contribution < -0.4 is 5.32 Å². The highest BCUT2D eigenvalue weighted by Gasteiger charge is 2.24. The van der Waals surface area contributed by atoms with Gasteiger partial charge in [-0.15, -0.1) is 34.2 Å². The molecule has 1 aliphatic heterocycles. The van der Waals surface area contributed by atoms with Crippen molar-refractivity contribution in [1.29, 1.82) is 0 Å². The molecule has 6 nitrogen and oxygen atoms in total. The van der Waals surface area contributed by atoms with Gasteiger partial charge < -0.3 is 14.8 Å². The highest BCUT2D eigenvalue weighted by Crippen LogP contribution is 2.24. The Morgan fingerprint density at radius 2 is 2.25 bits per heavy atom. The normalized spacial score (nSPS) is 18.6. The molecule has 1 aliphatic rings. The Morgan fingerprint density at radius 1 is 1.46 bits per heavy atom. The molecular weight excluding hydrogens is 435 g/mol. The minimum Gasteiger partial charge on any atom is -0.357 e. The lowest BCUT2D eigenvalue weighted by atomic mass is 10.1. The third-order valence-corrected chi connectivity index (χ3v) is 5.63. The van der Waals surface area contributed by atoms with E-state index in [0.29, 0.717) is 11.2 Å². The van der Waals surface area contributed by atoms with E-state index >= 15 is 0 Å². The molecule has 1 aromatic rings. The first-order valence-electron chi connectivity index (χ1n) is 8.67. The van der Waals surface area contributed by atoms with Crippen molar-refractivity contribution in [3.63, 3.8) is 0 Å². The van der Waals surface area contributed by atoms with Crippen molar-refractivity contribution < 1.29 is 0 Å². The minimum absolute atomic E-state index is 0. The van der Waals surface area contributed by atoms with Gasteiger partial charge in [0.15, 0.2) is 5.96 Å². The Kier molecular flexibility index (Phi) is 10.0. The molecule has 0 spiro atoms. The molecule has 8 heteroatoms. The van der Waals surface area contributed by atoms with Crippen molar-refractivity contribution in [1.82, 2.24) is 25.0 Å². The lowest BCUT2D eigenvalue weighted by molar-refractivity contribution is 0.380. The second-order valence-electron chi connectivity index (χ2n) is 6.13. The van der Waals surface area contributed by atoms with Crippen molar-refractivity contribution in [2.45, 2.75) is 45.9 Å². The summed E-state index contributed by atoms with van der Waals surface area (Å²) in [6.45, 7) is 13.5. The molecular formula is C16H31IN6S. The lowest BCUT2D eigenvalue weighted by Crippen LogP contribution is -2.49. The molecule has 0 radical (unpaired) electrons. The van der Waals surface area contributed by atoms with Crippen LogP contribution in [0.15, 0.2) is 11.3 Å². The second kappa shape index (κ2) is 11.2. The molecule has 1 saturated heterocycles. The molecule has 1 unspecified atom stereocenters. The van der Waals surface area contributed by atoms with E-state index in [9.17, 15) is 0 Å². The monoisotopic (exact) mass is 466 g/mol. The quantitative estimate of drug-likeness (QED) is 0.397. The minimum atomic E-state index is 0. The van der Waals surface area contributed by atoms with Crippen LogP contribution in [0.25, 0.3) is 0 Å². The second-order valence-corrected chi connectivity index (χ2v) is 7.48. The molecule has 138 valence electrons. The Morgan fingerprint density at radius 3 is 2.92 bits per heavy atom. The molecule has 0 aromatic carbocycles. The van der Waals surface area contributed by atoms with E-state index in [1.807, 2.05) is 0 Å². The summed E-state index contributed by atoms with van der Waals surface area (Å²) in [5.74, 6) is 3.96. The highest BCUT2D eigenvalue weighted by atomic mass is 127. The van der Waals surface area contributed by atoms with E-state index in [4.69, 9.17) is 4.99 Å². The zero-order valence-corrected chi connectivity index (χ0v) is 18.4. The van der Waals surface area contributed by atoms with Crippen molar-refractivity contribution in [3.8, 4) is 0 Å². The number of nitrogens with one attached hydrogen (secondary N) is 1. The Hall–Kier alpha value is -0.510. The van der Waals surface area contributed by atoms with Gasteiger partial charge in [-0.3, -0.25) is 4.99 Å². The first-order chi connectivity index (χ1) is 11.2. The van der Waals surface area contributed by atoms with Crippen molar-refractivity contribution in [2.24, 2.45) is 10.9 Å². The summed E-state index contributed by atoms with van der Waals surface area (Å²) in [7, 11) is 0. The predicted molar refractivity (Wildman–Crippen MR) is 113 cm³/mol. The fourth-order valence-corrected chi connectivity index (χ4v) is 4.00. The van der Waals surface area contributed by atoms with Gasteiger partial charge in [-0.1, -0.05) is 20.8 Å². The number of thioether (sulfide) groups is 1. The summed E-state index contributed by atoms with van der Waals surface area (Å²) in [4.78, 5) is 7.24. The van der Waals surface area contributed by atoms with Crippen LogP contribution in [0.1, 0.15) is 33.5 Å². The first kappa shape index (κ1) is 21.5. The summed E-state index contributed by atoms with van der Waals surface area (Å²) in [5.41, 5.74) is 0. The molecule has 0 amide bonds. The van der Waals surface area contributed by atoms with Gasteiger partial charge in [0.05, 0.1) is 6.54 Å². The fourth-order valence-electron chi connectivity index (χ4n) is 2.70. The molecule has 0 aliphatic carbocycles. The van der Waals surface area contributed by atoms with Gasteiger partial charge in [0.2, 0.25) is 0 Å². The average Bonchev–Trinajstić information content (AvgIpc) is 3.01. The van der Waals surface area contributed by atoms with Gasteiger partial charge in [-0.05, 0) is 12.8 Å². The third-order valence-electron chi connectivity index (χ3n) is 4.09. The maximum atomic E-state index is 4.83. The van der Waals surface area contributed by atoms with E-state index < -0.39 is 0 Å². The zero-order valence-electron chi connectivity index (χ0n) is 15.2. The van der Waals surface area contributed by atoms with E-state index in [1.165, 1.54) is 5.75 Å². The van der Waals surface area contributed by atoms with Crippen LogP contribution in [0, 0.1) is 5.92 Å². The van der Waals surface area contributed by atoms with Gasteiger partial charge in [-0.25, -0.2) is 0 Å². The van der Waals surface area contributed by atoms with Gasteiger partial charge in [0.25, 0.3) is 0 Å². The Balaban J connectivity index is 0.00000288. The topological polar surface area (TPSA) is 58.3 Å². The predicted octanol–water partition coefficient (Wildman–Crippen LogP) is 2.50. The van der Waals surface area contributed by atoms with E-state index in [1.54, 1.807) is 6.33 Å². The van der Waals surface area contributed by atoms with Crippen molar-refractivity contribution in [2.75, 3.05) is 31.9 Å². The lowest BCUT2D eigenvalue weighted by Gasteiger charge is -2.36. The summed E-state index contributed by atoms with van der Waals surface area (Å²) in [5, 5.41) is 12.2. The molecule has 2 heterocycles. The largest absolute Gasteiger partial charge is 0.357 e.